The fourth-order valence-corrected chi connectivity index (χ4v) is 2.85. The first kappa shape index (κ1) is 16.8. The van der Waals surface area contributed by atoms with Gasteiger partial charge in [0.15, 0.2) is 0 Å². The number of aliphatic carboxylic acids is 1. The fourth-order valence-electron chi connectivity index (χ4n) is 2.85. The minimum Gasteiger partial charge on any atom is -0.485 e. The molecule has 1 N–H and O–H groups in total. The molecule has 0 radical (unpaired) electrons. The zero-order chi connectivity index (χ0) is 17.8. The lowest BCUT2D eigenvalue weighted by atomic mass is 9.96. The third kappa shape index (κ3) is 3.71. The van der Waals surface area contributed by atoms with Gasteiger partial charge in [-0.15, -0.1) is 0 Å². The molecule has 1 aliphatic rings. The zero-order valence-electron chi connectivity index (χ0n) is 13.8. The molecule has 1 atom stereocenters. The number of methoxy groups -OCH3 is 1. The Morgan fingerprint density at radius 1 is 1.16 bits per heavy atom. The summed E-state index contributed by atoms with van der Waals surface area (Å²) in [5, 5.41) is 9.52. The van der Waals surface area contributed by atoms with Crippen molar-refractivity contribution in [2.24, 2.45) is 0 Å². The van der Waals surface area contributed by atoms with Gasteiger partial charge in [0.2, 0.25) is 0 Å². The van der Waals surface area contributed by atoms with E-state index in [-0.39, 0.29) is 5.57 Å². The standard InChI is InChI=1S/C20H18O5/c1-24-20(23)14-8-10-17-15(11-14)12-16(19(21)22)18(25-17)9-7-13-5-3-2-4-6-13/h2-6,8,10-12,18H,7,9H2,1H3,(H,21,22). The van der Waals surface area contributed by atoms with Crippen molar-refractivity contribution in [3.05, 3.63) is 70.8 Å². The molecule has 5 heteroatoms. The highest BCUT2D eigenvalue weighted by Gasteiger charge is 2.28. The number of aryl methyl sites for hydroxylation is 1. The van der Waals surface area contributed by atoms with E-state index < -0.39 is 18.0 Å². The molecule has 1 unspecified atom stereocenters. The molecular formula is C20H18O5. The molecule has 0 aliphatic carbocycles. The Balaban J connectivity index is 1.84. The molecular weight excluding hydrogens is 320 g/mol. The maximum absolute atomic E-state index is 11.6. The quantitative estimate of drug-likeness (QED) is 0.847. The smallest absolute Gasteiger partial charge is 0.337 e. The Morgan fingerprint density at radius 3 is 2.60 bits per heavy atom. The Hall–Kier alpha value is -3.08. The van der Waals surface area contributed by atoms with Crippen molar-refractivity contribution in [1.29, 1.82) is 0 Å². The largest absolute Gasteiger partial charge is 0.485 e. The molecule has 0 amide bonds. The third-order valence-electron chi connectivity index (χ3n) is 4.14. The second-order valence-corrected chi connectivity index (χ2v) is 5.78. The van der Waals surface area contributed by atoms with Crippen molar-refractivity contribution in [3.8, 4) is 5.75 Å². The van der Waals surface area contributed by atoms with Crippen molar-refractivity contribution < 1.29 is 24.2 Å². The highest BCUT2D eigenvalue weighted by Crippen LogP contribution is 2.32. The van der Waals surface area contributed by atoms with Gasteiger partial charge in [-0.1, -0.05) is 30.3 Å². The summed E-state index contributed by atoms with van der Waals surface area (Å²) in [6, 6.07) is 14.7. The SMILES string of the molecule is COC(=O)c1ccc2c(c1)C=C(C(=O)O)C(CCc1ccccc1)O2. The predicted molar refractivity (Wildman–Crippen MR) is 92.6 cm³/mol. The van der Waals surface area contributed by atoms with Crippen LogP contribution in [0.1, 0.15) is 27.9 Å². The van der Waals surface area contributed by atoms with E-state index in [1.807, 2.05) is 30.3 Å². The number of benzene rings is 2. The zero-order valence-corrected chi connectivity index (χ0v) is 13.8. The minimum absolute atomic E-state index is 0.186. The number of fused-ring (bicyclic) bond motifs is 1. The molecule has 1 heterocycles. The molecule has 1 aliphatic heterocycles. The number of carbonyl (C=O) groups is 2. The monoisotopic (exact) mass is 338 g/mol. The molecule has 0 fully saturated rings. The molecule has 3 rings (SSSR count). The molecule has 2 aromatic carbocycles. The number of hydrogen-bond acceptors (Lipinski definition) is 4. The van der Waals surface area contributed by atoms with Crippen molar-refractivity contribution in [3.63, 3.8) is 0 Å². The van der Waals surface area contributed by atoms with Crippen LogP contribution in [-0.4, -0.2) is 30.3 Å². The Labute approximate surface area is 145 Å². The highest BCUT2D eigenvalue weighted by molar-refractivity contribution is 5.96. The van der Waals surface area contributed by atoms with Crippen LogP contribution in [0.25, 0.3) is 6.08 Å². The number of rotatable bonds is 5. The topological polar surface area (TPSA) is 72.8 Å². The second kappa shape index (κ2) is 7.21. The molecule has 128 valence electrons. The van der Waals surface area contributed by atoms with Gasteiger partial charge >= 0.3 is 11.9 Å². The molecule has 0 aromatic heterocycles. The first-order valence-electron chi connectivity index (χ1n) is 7.96. The molecule has 5 nitrogen and oxygen atoms in total. The molecule has 0 spiro atoms. The van der Waals surface area contributed by atoms with E-state index in [0.29, 0.717) is 29.7 Å². The minimum atomic E-state index is -1.02. The van der Waals surface area contributed by atoms with E-state index in [2.05, 4.69) is 0 Å². The number of carboxylic acid groups (broad SMARTS) is 1. The number of carboxylic acids is 1. The van der Waals surface area contributed by atoms with Crippen LogP contribution in [0.4, 0.5) is 0 Å². The van der Waals surface area contributed by atoms with Gasteiger partial charge in [0.25, 0.3) is 0 Å². The first-order chi connectivity index (χ1) is 12.1. The van der Waals surface area contributed by atoms with Gasteiger partial charge in [-0.2, -0.15) is 0 Å². The van der Waals surface area contributed by atoms with Crippen molar-refractivity contribution >= 4 is 18.0 Å². The van der Waals surface area contributed by atoms with Gasteiger partial charge in [-0.05, 0) is 42.7 Å². The van der Waals surface area contributed by atoms with Gasteiger partial charge in [-0.25, -0.2) is 9.59 Å². The van der Waals surface area contributed by atoms with E-state index >= 15 is 0 Å². The van der Waals surface area contributed by atoms with Crippen LogP contribution < -0.4 is 4.74 Å². The van der Waals surface area contributed by atoms with E-state index in [9.17, 15) is 14.7 Å². The Kier molecular flexibility index (Phi) is 4.84. The van der Waals surface area contributed by atoms with Crippen molar-refractivity contribution in [1.82, 2.24) is 0 Å². The van der Waals surface area contributed by atoms with Gasteiger partial charge in [0.05, 0.1) is 18.2 Å². The summed E-state index contributed by atoms with van der Waals surface area (Å²) < 4.78 is 10.6. The molecule has 0 saturated heterocycles. The summed E-state index contributed by atoms with van der Waals surface area (Å²) in [7, 11) is 1.30. The van der Waals surface area contributed by atoms with Gasteiger partial charge < -0.3 is 14.6 Å². The number of ether oxygens (including phenoxy) is 2. The number of esters is 1. The Bertz CT molecular complexity index is 823. The number of hydrogen-bond donors (Lipinski definition) is 1. The lowest BCUT2D eigenvalue weighted by Crippen LogP contribution is -2.28. The van der Waals surface area contributed by atoms with E-state index in [1.54, 1.807) is 24.3 Å². The molecule has 0 saturated carbocycles. The van der Waals surface area contributed by atoms with Crippen LogP contribution in [0.5, 0.6) is 5.75 Å². The summed E-state index contributed by atoms with van der Waals surface area (Å²) >= 11 is 0. The van der Waals surface area contributed by atoms with E-state index in [4.69, 9.17) is 9.47 Å². The maximum atomic E-state index is 11.6. The molecule has 0 bridgehead atoms. The van der Waals surface area contributed by atoms with Gasteiger partial charge in [0.1, 0.15) is 11.9 Å². The summed E-state index contributed by atoms with van der Waals surface area (Å²) in [5.74, 6) is -0.929. The van der Waals surface area contributed by atoms with Crippen LogP contribution in [0.3, 0.4) is 0 Å². The number of carbonyl (C=O) groups excluding carboxylic acids is 1. The molecule has 25 heavy (non-hydrogen) atoms. The maximum Gasteiger partial charge on any atom is 0.337 e. The normalized spacial score (nSPS) is 15.6. The second-order valence-electron chi connectivity index (χ2n) is 5.78. The molecule has 2 aromatic rings. The summed E-state index contributed by atoms with van der Waals surface area (Å²) in [6.07, 6.45) is 2.31. The van der Waals surface area contributed by atoms with Crippen LogP contribution in [0, 0.1) is 0 Å². The lowest BCUT2D eigenvalue weighted by Gasteiger charge is -2.25. The van der Waals surface area contributed by atoms with Crippen molar-refractivity contribution in [2.75, 3.05) is 7.11 Å². The Morgan fingerprint density at radius 2 is 1.92 bits per heavy atom. The average molecular weight is 338 g/mol. The van der Waals surface area contributed by atoms with Crippen molar-refractivity contribution in [2.45, 2.75) is 18.9 Å². The summed E-state index contributed by atoms with van der Waals surface area (Å²) in [4.78, 5) is 23.3. The van der Waals surface area contributed by atoms with E-state index in [1.165, 1.54) is 7.11 Å². The van der Waals surface area contributed by atoms with Crippen LogP contribution in [0.15, 0.2) is 54.1 Å². The van der Waals surface area contributed by atoms with Gasteiger partial charge in [0, 0.05) is 5.56 Å². The summed E-state index contributed by atoms with van der Waals surface area (Å²) in [6.45, 7) is 0. The first-order valence-corrected chi connectivity index (χ1v) is 7.96. The predicted octanol–water partition coefficient (Wildman–Crippen LogP) is 3.34. The average Bonchev–Trinajstić information content (AvgIpc) is 2.65. The van der Waals surface area contributed by atoms with Crippen LogP contribution in [0.2, 0.25) is 0 Å². The lowest BCUT2D eigenvalue weighted by molar-refractivity contribution is -0.133. The summed E-state index contributed by atoms with van der Waals surface area (Å²) in [5.41, 5.74) is 2.23. The van der Waals surface area contributed by atoms with Crippen LogP contribution in [-0.2, 0) is 16.0 Å². The fraction of sp³-hybridized carbons (Fsp3) is 0.200. The van der Waals surface area contributed by atoms with E-state index in [0.717, 1.165) is 5.56 Å². The van der Waals surface area contributed by atoms with Crippen LogP contribution >= 0.6 is 0 Å². The van der Waals surface area contributed by atoms with Gasteiger partial charge in [-0.3, -0.25) is 0 Å². The highest BCUT2D eigenvalue weighted by atomic mass is 16.5. The third-order valence-corrected chi connectivity index (χ3v) is 4.14.